The predicted octanol–water partition coefficient (Wildman–Crippen LogP) is 0.505. The summed E-state index contributed by atoms with van der Waals surface area (Å²) in [4.78, 5) is 46.8. The van der Waals surface area contributed by atoms with Crippen LogP contribution in [-0.2, 0) is 16.0 Å². The number of amides is 2. The van der Waals surface area contributed by atoms with Crippen LogP contribution in [0, 0.1) is 0 Å². The van der Waals surface area contributed by atoms with Gasteiger partial charge in [0.15, 0.2) is 11.8 Å². The van der Waals surface area contributed by atoms with E-state index >= 15 is 0 Å². The lowest BCUT2D eigenvalue weighted by molar-refractivity contribution is -0.139. The average molecular weight is 530 g/mol. The molecular weight excluding hydrogens is 498 g/mol. The topological polar surface area (TPSA) is 261 Å². The lowest BCUT2D eigenvalue weighted by Gasteiger charge is -2.19. The summed E-state index contributed by atoms with van der Waals surface area (Å²) >= 11 is 0. The Balaban J connectivity index is 1.70. The van der Waals surface area contributed by atoms with E-state index in [1.165, 1.54) is 0 Å². The molecule has 204 valence electrons. The summed E-state index contributed by atoms with van der Waals surface area (Å²) in [6.07, 6.45) is 2.36. The summed E-state index contributed by atoms with van der Waals surface area (Å²) in [5.74, 6) is -2.20. The van der Waals surface area contributed by atoms with Crippen molar-refractivity contribution in [3.8, 4) is 0 Å². The lowest BCUT2D eigenvalue weighted by atomic mass is 10.1. The molecular formula is C23H31N9O6. The number of rotatable bonds is 14. The summed E-state index contributed by atoms with van der Waals surface area (Å²) in [6, 6.07) is 3.84. The van der Waals surface area contributed by atoms with Gasteiger partial charge in [0.1, 0.15) is 12.1 Å². The maximum Gasteiger partial charge on any atom is 0.326 e. The van der Waals surface area contributed by atoms with E-state index in [0.29, 0.717) is 6.42 Å². The third-order valence-electron chi connectivity index (χ3n) is 5.71. The van der Waals surface area contributed by atoms with Crippen LogP contribution in [0.2, 0.25) is 0 Å². The van der Waals surface area contributed by atoms with E-state index in [0.717, 1.165) is 16.5 Å². The Morgan fingerprint density at radius 1 is 1.13 bits per heavy atom. The van der Waals surface area contributed by atoms with Gasteiger partial charge in [-0.05, 0) is 30.9 Å². The SMILES string of the molecule is NC(N)=NCCC[C@H](NC(=O)N[C@@H](Cc1c[nH]c2ccccc12)C(=O)O)c1nc([C@@H](N)CCC(=O)O)no1. The number of aliphatic carboxylic acids is 2. The largest absolute Gasteiger partial charge is 0.481 e. The molecule has 2 heterocycles. The molecule has 15 heteroatoms. The second-order valence-corrected chi connectivity index (χ2v) is 8.60. The fourth-order valence-corrected chi connectivity index (χ4v) is 3.79. The number of nitrogens with one attached hydrogen (secondary N) is 3. The molecule has 15 nitrogen and oxygen atoms in total. The van der Waals surface area contributed by atoms with Crippen molar-refractivity contribution in [2.24, 2.45) is 22.2 Å². The number of urea groups is 1. The minimum atomic E-state index is -1.22. The summed E-state index contributed by atoms with van der Waals surface area (Å²) in [5.41, 5.74) is 18.3. The number of benzene rings is 1. The second kappa shape index (κ2) is 13.0. The maximum atomic E-state index is 12.9. The van der Waals surface area contributed by atoms with Crippen LogP contribution in [0.4, 0.5) is 4.79 Å². The van der Waals surface area contributed by atoms with Crippen LogP contribution >= 0.6 is 0 Å². The average Bonchev–Trinajstić information content (AvgIpc) is 3.52. The van der Waals surface area contributed by atoms with Gasteiger partial charge in [-0.15, -0.1) is 0 Å². The van der Waals surface area contributed by atoms with Gasteiger partial charge in [0.25, 0.3) is 0 Å². The smallest absolute Gasteiger partial charge is 0.326 e. The van der Waals surface area contributed by atoms with E-state index in [4.69, 9.17) is 26.8 Å². The Morgan fingerprint density at radius 3 is 2.61 bits per heavy atom. The summed E-state index contributed by atoms with van der Waals surface area (Å²) in [5, 5.41) is 28.4. The van der Waals surface area contributed by atoms with Crippen molar-refractivity contribution >= 4 is 34.8 Å². The minimum Gasteiger partial charge on any atom is -0.481 e. The monoisotopic (exact) mass is 529 g/mol. The summed E-state index contributed by atoms with van der Waals surface area (Å²) < 4.78 is 5.28. The number of nitrogens with zero attached hydrogens (tertiary/aromatic N) is 3. The van der Waals surface area contributed by atoms with Gasteiger partial charge >= 0.3 is 18.0 Å². The Kier molecular flexibility index (Phi) is 9.59. The number of carbonyl (C=O) groups excluding carboxylic acids is 1. The fraction of sp³-hybridized carbons (Fsp3) is 0.391. The fourth-order valence-electron chi connectivity index (χ4n) is 3.79. The lowest BCUT2D eigenvalue weighted by Crippen LogP contribution is -2.48. The molecule has 3 aromatic rings. The van der Waals surface area contributed by atoms with Crippen molar-refractivity contribution in [3.05, 3.63) is 47.7 Å². The first-order valence-electron chi connectivity index (χ1n) is 11.8. The van der Waals surface area contributed by atoms with Crippen LogP contribution in [0.1, 0.15) is 55.0 Å². The molecule has 0 unspecified atom stereocenters. The molecule has 3 atom stereocenters. The number of aromatic amines is 1. The van der Waals surface area contributed by atoms with Gasteiger partial charge in [0.05, 0.1) is 6.04 Å². The van der Waals surface area contributed by atoms with E-state index in [9.17, 15) is 19.5 Å². The molecule has 0 aliphatic rings. The molecule has 38 heavy (non-hydrogen) atoms. The van der Waals surface area contributed by atoms with Gasteiger partial charge in [-0.1, -0.05) is 23.4 Å². The number of aliphatic imine (C=N–C) groups is 1. The Labute approximate surface area is 216 Å². The normalized spacial score (nSPS) is 13.4. The number of aromatic nitrogens is 3. The van der Waals surface area contributed by atoms with Crippen LogP contribution in [0.25, 0.3) is 10.9 Å². The van der Waals surface area contributed by atoms with Crippen molar-refractivity contribution in [2.75, 3.05) is 6.54 Å². The molecule has 0 radical (unpaired) electrons. The van der Waals surface area contributed by atoms with Crippen molar-refractivity contribution in [2.45, 2.75) is 50.2 Å². The zero-order valence-corrected chi connectivity index (χ0v) is 20.5. The van der Waals surface area contributed by atoms with Crippen molar-refractivity contribution in [1.82, 2.24) is 25.8 Å². The highest BCUT2D eigenvalue weighted by Gasteiger charge is 2.26. The van der Waals surface area contributed by atoms with Crippen molar-refractivity contribution in [1.29, 1.82) is 0 Å². The van der Waals surface area contributed by atoms with Gasteiger partial charge < -0.3 is 47.6 Å². The zero-order chi connectivity index (χ0) is 27.7. The number of hydrogen-bond acceptors (Lipinski definition) is 8. The standard InChI is InChI=1S/C23H31N9O6/c24-14(7-8-18(33)34)19-31-20(38-32-19)16(6-3-9-27-22(25)26)29-23(37)30-17(21(35)36)10-12-11-28-15-5-2-1-4-13(12)15/h1-2,4-5,11,14,16-17,28H,3,6-10,24H2,(H,33,34)(H,35,36)(H4,25,26,27)(H2,29,30,37)/t14-,16-,17-/m0/s1. The number of fused-ring (bicyclic) bond motifs is 1. The van der Waals surface area contributed by atoms with Crippen molar-refractivity contribution < 1.29 is 29.1 Å². The molecule has 0 spiro atoms. The molecule has 0 aliphatic carbocycles. The van der Waals surface area contributed by atoms with E-state index < -0.39 is 36.1 Å². The van der Waals surface area contributed by atoms with Crippen LogP contribution in [0.5, 0.6) is 0 Å². The van der Waals surface area contributed by atoms with Crippen molar-refractivity contribution in [3.63, 3.8) is 0 Å². The van der Waals surface area contributed by atoms with Gasteiger partial charge in [0, 0.05) is 36.5 Å². The Morgan fingerprint density at radius 2 is 1.89 bits per heavy atom. The number of guanidine groups is 1. The van der Waals surface area contributed by atoms with E-state index in [1.807, 2.05) is 24.3 Å². The number of para-hydroxylation sites is 1. The number of hydrogen-bond donors (Lipinski definition) is 8. The highest BCUT2D eigenvalue weighted by atomic mass is 16.5. The Hall–Kier alpha value is -4.66. The van der Waals surface area contributed by atoms with E-state index in [1.54, 1.807) is 6.20 Å². The maximum absolute atomic E-state index is 12.9. The van der Waals surface area contributed by atoms with E-state index in [2.05, 4.69) is 30.8 Å². The first-order chi connectivity index (χ1) is 18.1. The highest BCUT2D eigenvalue weighted by Crippen LogP contribution is 2.21. The van der Waals surface area contributed by atoms with Gasteiger partial charge in [0.2, 0.25) is 5.89 Å². The number of nitrogens with two attached hydrogens (primary N) is 3. The number of H-pyrrole nitrogens is 1. The third kappa shape index (κ3) is 7.92. The molecule has 0 fully saturated rings. The molecule has 0 saturated heterocycles. The molecule has 2 aromatic heterocycles. The first-order valence-corrected chi connectivity index (χ1v) is 11.8. The number of carboxylic acids is 2. The van der Waals surface area contributed by atoms with Gasteiger partial charge in [-0.25, -0.2) is 9.59 Å². The summed E-state index contributed by atoms with van der Waals surface area (Å²) in [6.45, 7) is 0.263. The highest BCUT2D eigenvalue weighted by molar-refractivity contribution is 5.86. The first kappa shape index (κ1) is 27.9. The molecule has 2 amide bonds. The van der Waals surface area contributed by atoms with E-state index in [-0.39, 0.29) is 49.9 Å². The molecule has 3 rings (SSSR count). The zero-order valence-electron chi connectivity index (χ0n) is 20.5. The van der Waals surface area contributed by atoms with Gasteiger partial charge in [-0.2, -0.15) is 4.98 Å². The molecule has 0 saturated carbocycles. The number of carbonyl (C=O) groups is 3. The van der Waals surface area contributed by atoms with Crippen LogP contribution in [0.15, 0.2) is 40.0 Å². The third-order valence-corrected chi connectivity index (χ3v) is 5.71. The van der Waals surface area contributed by atoms with Crippen LogP contribution in [0.3, 0.4) is 0 Å². The van der Waals surface area contributed by atoms with Gasteiger partial charge in [-0.3, -0.25) is 9.79 Å². The minimum absolute atomic E-state index is 0.0223. The second-order valence-electron chi connectivity index (χ2n) is 8.60. The quantitative estimate of drug-likeness (QED) is 0.0809. The molecule has 11 N–H and O–H groups in total. The van der Waals surface area contributed by atoms with Crippen LogP contribution in [-0.4, -0.2) is 61.9 Å². The molecule has 0 bridgehead atoms. The molecule has 0 aliphatic heterocycles. The predicted molar refractivity (Wildman–Crippen MR) is 136 cm³/mol. The number of carboxylic acid groups (broad SMARTS) is 2. The molecule has 1 aromatic carbocycles. The summed E-state index contributed by atoms with van der Waals surface area (Å²) in [7, 11) is 0. The Bertz CT molecular complexity index is 1280. The van der Waals surface area contributed by atoms with Crippen LogP contribution < -0.4 is 27.8 Å².